The molecule has 0 amide bonds. The van der Waals surface area contributed by atoms with E-state index in [2.05, 4.69) is 0 Å². The number of esters is 3. The van der Waals surface area contributed by atoms with Crippen molar-refractivity contribution in [1.29, 1.82) is 0 Å². The van der Waals surface area contributed by atoms with Gasteiger partial charge in [-0.15, -0.1) is 0 Å². The van der Waals surface area contributed by atoms with E-state index in [0.29, 0.717) is 5.56 Å². The topological polar surface area (TPSA) is 105 Å². The van der Waals surface area contributed by atoms with Crippen LogP contribution in [0, 0.1) is 0 Å². The van der Waals surface area contributed by atoms with Gasteiger partial charge in [0.1, 0.15) is 12.7 Å². The van der Waals surface area contributed by atoms with E-state index in [4.69, 9.17) is 18.9 Å². The van der Waals surface area contributed by atoms with E-state index in [9.17, 15) is 19.2 Å². The molecule has 0 spiro atoms. The minimum atomic E-state index is -1.62. The van der Waals surface area contributed by atoms with Crippen molar-refractivity contribution in [1.82, 2.24) is 0 Å². The first-order valence-corrected chi connectivity index (χ1v) is 10.5. The molecule has 0 bridgehead atoms. The third-order valence-electron chi connectivity index (χ3n) is 5.00. The van der Waals surface area contributed by atoms with Crippen LogP contribution in [0.2, 0.25) is 0 Å². The molecular formula is C26H20O8. The summed E-state index contributed by atoms with van der Waals surface area (Å²) in [6.07, 6.45) is -4.23. The summed E-state index contributed by atoms with van der Waals surface area (Å²) in [7, 11) is 0. The zero-order chi connectivity index (χ0) is 23.9. The molecule has 172 valence electrons. The highest BCUT2D eigenvalue weighted by molar-refractivity contribution is 5.97. The fraction of sp³-hybridized carbons (Fsp3) is 0.154. The van der Waals surface area contributed by atoms with Gasteiger partial charge in [0.25, 0.3) is 6.29 Å². The Morgan fingerprint density at radius 1 is 0.647 bits per heavy atom. The first kappa shape index (κ1) is 22.9. The van der Waals surface area contributed by atoms with E-state index in [1.807, 2.05) is 0 Å². The van der Waals surface area contributed by atoms with Gasteiger partial charge in [-0.1, -0.05) is 54.6 Å². The Hall–Kier alpha value is -4.30. The molecule has 0 saturated carbocycles. The predicted octanol–water partition coefficient (Wildman–Crippen LogP) is 3.22. The van der Waals surface area contributed by atoms with Crippen LogP contribution in [0.3, 0.4) is 0 Å². The maximum atomic E-state index is 12.9. The molecule has 3 aromatic rings. The van der Waals surface area contributed by atoms with Gasteiger partial charge in [-0.3, -0.25) is 4.79 Å². The molecule has 1 unspecified atom stereocenters. The van der Waals surface area contributed by atoms with Crippen molar-refractivity contribution >= 4 is 23.7 Å². The number of ketones is 1. The standard InChI is InChI=1S/C26H20O8/c27-21-22(33-24(29)18-12-6-2-7-13-18)20(16-31-23(28)17-10-4-1-5-11-17)32-26(21)34-25(30)19-14-8-3-9-15-19/h1-15,20,22,26H,16H2/t20-,22?,26-/m1/s1. The van der Waals surface area contributed by atoms with E-state index in [1.165, 1.54) is 24.3 Å². The van der Waals surface area contributed by atoms with E-state index in [1.54, 1.807) is 66.7 Å². The van der Waals surface area contributed by atoms with Crippen LogP contribution in [-0.2, 0) is 23.7 Å². The molecular weight excluding hydrogens is 440 g/mol. The van der Waals surface area contributed by atoms with Crippen molar-refractivity contribution in [2.24, 2.45) is 0 Å². The Labute approximate surface area is 195 Å². The van der Waals surface area contributed by atoms with Gasteiger partial charge < -0.3 is 18.9 Å². The number of hydrogen-bond acceptors (Lipinski definition) is 8. The van der Waals surface area contributed by atoms with Gasteiger partial charge in [-0.05, 0) is 36.4 Å². The van der Waals surface area contributed by atoms with Crippen LogP contribution in [0.25, 0.3) is 0 Å². The lowest BCUT2D eigenvalue weighted by atomic mass is 10.1. The highest BCUT2D eigenvalue weighted by Crippen LogP contribution is 2.24. The molecule has 0 radical (unpaired) electrons. The number of rotatable bonds is 7. The van der Waals surface area contributed by atoms with E-state index < -0.39 is 48.8 Å². The molecule has 0 aromatic heterocycles. The molecule has 4 rings (SSSR count). The normalized spacial score (nSPS) is 19.3. The largest absolute Gasteiger partial charge is 0.459 e. The van der Waals surface area contributed by atoms with Gasteiger partial charge in [0.05, 0.1) is 16.7 Å². The summed E-state index contributed by atoms with van der Waals surface area (Å²) in [6.45, 7) is -0.397. The third kappa shape index (κ3) is 5.36. The predicted molar refractivity (Wildman–Crippen MR) is 118 cm³/mol. The first-order chi connectivity index (χ1) is 16.5. The molecule has 0 N–H and O–H groups in total. The Balaban J connectivity index is 1.48. The molecule has 8 nitrogen and oxygen atoms in total. The second-order valence-electron chi connectivity index (χ2n) is 7.34. The minimum absolute atomic E-state index is 0.218. The highest BCUT2D eigenvalue weighted by atomic mass is 16.7. The number of benzene rings is 3. The number of ether oxygens (including phenoxy) is 4. The summed E-state index contributed by atoms with van der Waals surface area (Å²) >= 11 is 0. The average Bonchev–Trinajstić information content (AvgIpc) is 3.17. The highest BCUT2D eigenvalue weighted by Gasteiger charge is 2.49. The van der Waals surface area contributed by atoms with Crippen LogP contribution < -0.4 is 0 Å². The smallest absolute Gasteiger partial charge is 0.340 e. The van der Waals surface area contributed by atoms with Crippen molar-refractivity contribution < 1.29 is 38.1 Å². The van der Waals surface area contributed by atoms with Crippen LogP contribution in [0.1, 0.15) is 31.1 Å². The Bertz CT molecular complexity index is 1160. The summed E-state index contributed by atoms with van der Waals surface area (Å²) in [6, 6.07) is 24.4. The third-order valence-corrected chi connectivity index (χ3v) is 5.00. The summed E-state index contributed by atoms with van der Waals surface area (Å²) in [5.41, 5.74) is 0.743. The molecule has 3 aromatic carbocycles. The second-order valence-corrected chi connectivity index (χ2v) is 7.34. The molecule has 3 atom stereocenters. The fourth-order valence-corrected chi connectivity index (χ4v) is 3.27. The molecule has 1 heterocycles. The zero-order valence-electron chi connectivity index (χ0n) is 17.9. The monoisotopic (exact) mass is 460 g/mol. The van der Waals surface area contributed by atoms with Gasteiger partial charge in [0.2, 0.25) is 5.78 Å². The number of hydrogen-bond donors (Lipinski definition) is 0. The molecule has 8 heteroatoms. The summed E-state index contributed by atoms with van der Waals surface area (Å²) in [4.78, 5) is 50.2. The van der Waals surface area contributed by atoms with Crippen LogP contribution in [0.15, 0.2) is 91.0 Å². The average molecular weight is 460 g/mol. The van der Waals surface area contributed by atoms with Gasteiger partial charge in [0, 0.05) is 0 Å². The van der Waals surface area contributed by atoms with E-state index >= 15 is 0 Å². The van der Waals surface area contributed by atoms with Crippen LogP contribution >= 0.6 is 0 Å². The lowest BCUT2D eigenvalue weighted by Gasteiger charge is -2.17. The van der Waals surface area contributed by atoms with Gasteiger partial charge in [0.15, 0.2) is 6.10 Å². The first-order valence-electron chi connectivity index (χ1n) is 10.5. The van der Waals surface area contributed by atoms with Crippen LogP contribution in [0.5, 0.6) is 0 Å². The molecule has 1 aliphatic heterocycles. The van der Waals surface area contributed by atoms with Gasteiger partial charge >= 0.3 is 17.9 Å². The van der Waals surface area contributed by atoms with Crippen molar-refractivity contribution in [3.63, 3.8) is 0 Å². The Morgan fingerprint density at radius 2 is 1.09 bits per heavy atom. The summed E-state index contributed by atoms with van der Waals surface area (Å²) < 4.78 is 21.4. The number of carbonyl (C=O) groups is 4. The van der Waals surface area contributed by atoms with Crippen molar-refractivity contribution in [2.45, 2.75) is 18.5 Å². The minimum Gasteiger partial charge on any atom is -0.459 e. The molecule has 0 aliphatic carbocycles. The summed E-state index contributed by atoms with van der Waals surface area (Å²) in [5.74, 6) is -2.96. The molecule has 34 heavy (non-hydrogen) atoms. The zero-order valence-corrected chi connectivity index (χ0v) is 17.9. The molecule has 1 aliphatic rings. The van der Waals surface area contributed by atoms with Gasteiger partial charge in [-0.2, -0.15) is 0 Å². The van der Waals surface area contributed by atoms with E-state index in [-0.39, 0.29) is 11.1 Å². The van der Waals surface area contributed by atoms with Crippen LogP contribution in [-0.4, -0.2) is 48.8 Å². The second kappa shape index (κ2) is 10.5. The number of Topliss-reactive ketones (excluding diaryl/α,β-unsaturated/α-hetero) is 1. The van der Waals surface area contributed by atoms with Crippen LogP contribution in [0.4, 0.5) is 0 Å². The maximum absolute atomic E-state index is 12.9. The summed E-state index contributed by atoms with van der Waals surface area (Å²) in [5, 5.41) is 0. The SMILES string of the molecule is O=C(OC[C@H]1O[C@H](OC(=O)c2ccccc2)C(=O)C1OC(=O)c1ccccc1)c1ccccc1. The van der Waals surface area contributed by atoms with Gasteiger partial charge in [-0.25, -0.2) is 14.4 Å². The Kier molecular flexibility index (Phi) is 7.10. The number of carbonyl (C=O) groups excluding carboxylic acids is 4. The lowest BCUT2D eigenvalue weighted by molar-refractivity contribution is -0.147. The fourth-order valence-electron chi connectivity index (χ4n) is 3.27. The maximum Gasteiger partial charge on any atom is 0.340 e. The van der Waals surface area contributed by atoms with Crippen molar-refractivity contribution in [2.75, 3.05) is 6.61 Å². The Morgan fingerprint density at radius 3 is 1.59 bits per heavy atom. The lowest BCUT2D eigenvalue weighted by Crippen LogP contribution is -2.36. The molecule has 1 fully saturated rings. The van der Waals surface area contributed by atoms with Crippen molar-refractivity contribution in [3.05, 3.63) is 108 Å². The van der Waals surface area contributed by atoms with E-state index in [0.717, 1.165) is 0 Å². The quantitative estimate of drug-likeness (QED) is 0.391. The molecule has 1 saturated heterocycles. The van der Waals surface area contributed by atoms with Crippen molar-refractivity contribution in [3.8, 4) is 0 Å².